The van der Waals surface area contributed by atoms with Crippen LogP contribution in [0, 0.1) is 0 Å². The van der Waals surface area contributed by atoms with Gasteiger partial charge in [0.1, 0.15) is 12.7 Å². The Hall–Kier alpha value is -3.22. The van der Waals surface area contributed by atoms with Crippen LogP contribution in [0.1, 0.15) is 6.42 Å². The minimum absolute atomic E-state index is 0.121. The van der Waals surface area contributed by atoms with Crippen LogP contribution in [0.2, 0.25) is 0 Å². The van der Waals surface area contributed by atoms with E-state index in [0.29, 0.717) is 25.4 Å². The minimum atomic E-state index is -0.232. The summed E-state index contributed by atoms with van der Waals surface area (Å²) < 4.78 is 14.7. The summed E-state index contributed by atoms with van der Waals surface area (Å²) in [6.45, 7) is 1.08. The van der Waals surface area contributed by atoms with Crippen LogP contribution < -0.4 is 20.5 Å². The second-order valence-corrected chi connectivity index (χ2v) is 6.53. The van der Waals surface area contributed by atoms with Gasteiger partial charge < -0.3 is 14.8 Å². The van der Waals surface area contributed by atoms with Crippen LogP contribution in [0.5, 0.6) is 11.5 Å². The number of aromatic nitrogens is 2. The third-order valence-corrected chi connectivity index (χ3v) is 4.71. The number of nitrogens with one attached hydrogen (secondary N) is 1. The van der Waals surface area contributed by atoms with Crippen LogP contribution in [0.15, 0.2) is 53.3 Å². The van der Waals surface area contributed by atoms with Gasteiger partial charge in [0.15, 0.2) is 11.5 Å². The van der Waals surface area contributed by atoms with Crippen LogP contribution >= 0.6 is 0 Å². The first-order chi connectivity index (χ1) is 13.1. The van der Waals surface area contributed by atoms with Gasteiger partial charge in [-0.3, -0.25) is 13.9 Å². The fraction of sp³-hybridized carbons (Fsp3) is 0.300. The van der Waals surface area contributed by atoms with Crippen molar-refractivity contribution in [3.05, 3.63) is 59.0 Å². The lowest BCUT2D eigenvalue weighted by Crippen LogP contribution is -2.41. The number of amides is 1. The molecule has 1 atom stereocenters. The van der Waals surface area contributed by atoms with Gasteiger partial charge in [0.2, 0.25) is 5.91 Å². The lowest BCUT2D eigenvalue weighted by Gasteiger charge is -2.26. The molecule has 0 spiro atoms. The van der Waals surface area contributed by atoms with Gasteiger partial charge in [-0.1, -0.05) is 24.3 Å². The molecule has 4 rings (SSSR count). The van der Waals surface area contributed by atoms with Gasteiger partial charge >= 0.3 is 5.69 Å². The number of imidazole rings is 1. The molecule has 140 valence electrons. The molecule has 0 bridgehead atoms. The second-order valence-electron chi connectivity index (χ2n) is 6.53. The SMILES string of the molecule is Cn1c(=O)n(CCC(=O)NCC2COc3ccccc3O2)c2ccccc21. The number of benzene rings is 2. The van der Waals surface area contributed by atoms with E-state index in [0.717, 1.165) is 16.8 Å². The smallest absolute Gasteiger partial charge is 0.328 e. The maximum atomic E-state index is 12.4. The van der Waals surface area contributed by atoms with Crippen molar-refractivity contribution in [2.75, 3.05) is 13.2 Å². The first-order valence-electron chi connectivity index (χ1n) is 8.93. The number of nitrogens with zero attached hydrogens (tertiary/aromatic N) is 2. The largest absolute Gasteiger partial charge is 0.486 e. The van der Waals surface area contributed by atoms with Gasteiger partial charge in [-0.05, 0) is 24.3 Å². The summed E-state index contributed by atoms with van der Waals surface area (Å²) in [5.74, 6) is 1.28. The predicted molar refractivity (Wildman–Crippen MR) is 101 cm³/mol. The van der Waals surface area contributed by atoms with Crippen molar-refractivity contribution >= 4 is 16.9 Å². The Morgan fingerprint density at radius 3 is 2.63 bits per heavy atom. The predicted octanol–water partition coefficient (Wildman–Crippen LogP) is 1.69. The zero-order valence-corrected chi connectivity index (χ0v) is 15.1. The lowest BCUT2D eigenvalue weighted by molar-refractivity contribution is -0.121. The van der Waals surface area contributed by atoms with E-state index in [1.54, 1.807) is 16.2 Å². The summed E-state index contributed by atoms with van der Waals surface area (Å²) in [7, 11) is 1.74. The first-order valence-corrected chi connectivity index (χ1v) is 8.93. The molecule has 1 aliphatic heterocycles. The van der Waals surface area contributed by atoms with Crippen molar-refractivity contribution in [3.63, 3.8) is 0 Å². The third-order valence-electron chi connectivity index (χ3n) is 4.71. The topological polar surface area (TPSA) is 74.5 Å². The molecule has 7 nitrogen and oxygen atoms in total. The quantitative estimate of drug-likeness (QED) is 0.745. The Morgan fingerprint density at radius 1 is 1.11 bits per heavy atom. The Kier molecular flexibility index (Phi) is 4.58. The van der Waals surface area contributed by atoms with Gasteiger partial charge in [0, 0.05) is 20.0 Å². The number of aryl methyl sites for hydroxylation is 2. The number of hydrogen-bond donors (Lipinski definition) is 1. The molecule has 1 unspecified atom stereocenters. The van der Waals surface area contributed by atoms with Crippen LogP contribution in [0.25, 0.3) is 11.0 Å². The minimum Gasteiger partial charge on any atom is -0.486 e. The van der Waals surface area contributed by atoms with E-state index in [1.165, 1.54) is 0 Å². The zero-order chi connectivity index (χ0) is 18.8. The molecule has 2 heterocycles. The van der Waals surface area contributed by atoms with Gasteiger partial charge in [0.05, 0.1) is 17.6 Å². The molecular weight excluding hydrogens is 346 g/mol. The molecule has 1 N–H and O–H groups in total. The van der Waals surface area contributed by atoms with Gasteiger partial charge in [-0.15, -0.1) is 0 Å². The van der Waals surface area contributed by atoms with E-state index in [4.69, 9.17) is 9.47 Å². The Balaban J connectivity index is 1.34. The fourth-order valence-electron chi connectivity index (χ4n) is 3.27. The standard InChI is InChI=1S/C20H21N3O4/c1-22-15-6-2-3-7-16(15)23(20(22)25)11-10-19(24)21-12-14-13-26-17-8-4-5-9-18(17)27-14/h2-9,14H,10-13H2,1H3,(H,21,24). The average Bonchev–Trinajstić information content (AvgIpc) is 2.95. The van der Waals surface area contributed by atoms with E-state index in [9.17, 15) is 9.59 Å². The molecule has 7 heteroatoms. The molecule has 3 aromatic rings. The van der Waals surface area contributed by atoms with Crippen molar-refractivity contribution in [3.8, 4) is 11.5 Å². The molecule has 0 aliphatic carbocycles. The monoisotopic (exact) mass is 367 g/mol. The van der Waals surface area contributed by atoms with Crippen molar-refractivity contribution in [2.45, 2.75) is 19.1 Å². The number of para-hydroxylation sites is 4. The molecule has 1 aromatic heterocycles. The van der Waals surface area contributed by atoms with Gasteiger partial charge in [-0.25, -0.2) is 4.79 Å². The Labute approximate surface area is 156 Å². The number of rotatable bonds is 5. The summed E-state index contributed by atoms with van der Waals surface area (Å²) in [4.78, 5) is 24.6. The Bertz CT molecular complexity index is 1040. The summed E-state index contributed by atoms with van der Waals surface area (Å²) in [6, 6.07) is 15.0. The maximum Gasteiger partial charge on any atom is 0.328 e. The molecule has 2 aromatic carbocycles. The van der Waals surface area contributed by atoms with Gasteiger partial charge in [0.25, 0.3) is 0 Å². The third kappa shape index (κ3) is 3.40. The highest BCUT2D eigenvalue weighted by atomic mass is 16.6. The number of fused-ring (bicyclic) bond motifs is 2. The van der Waals surface area contributed by atoms with E-state index < -0.39 is 0 Å². The normalized spacial score (nSPS) is 15.7. The summed E-state index contributed by atoms with van der Waals surface area (Å²) >= 11 is 0. The summed E-state index contributed by atoms with van der Waals surface area (Å²) in [5, 5.41) is 2.86. The second kappa shape index (κ2) is 7.19. The summed E-state index contributed by atoms with van der Waals surface area (Å²) in [6.07, 6.45) is -0.0120. The molecule has 27 heavy (non-hydrogen) atoms. The number of hydrogen-bond acceptors (Lipinski definition) is 4. The lowest BCUT2D eigenvalue weighted by atomic mass is 10.2. The first kappa shape index (κ1) is 17.2. The highest BCUT2D eigenvalue weighted by Crippen LogP contribution is 2.30. The Morgan fingerprint density at radius 2 is 1.81 bits per heavy atom. The average molecular weight is 367 g/mol. The molecule has 0 radical (unpaired) electrons. The molecule has 0 fully saturated rings. The fourth-order valence-corrected chi connectivity index (χ4v) is 3.27. The van der Waals surface area contributed by atoms with Crippen LogP contribution in [0.4, 0.5) is 0 Å². The number of ether oxygens (including phenoxy) is 2. The van der Waals surface area contributed by atoms with E-state index >= 15 is 0 Å². The highest BCUT2D eigenvalue weighted by Gasteiger charge is 2.21. The maximum absolute atomic E-state index is 12.4. The van der Waals surface area contributed by atoms with E-state index in [1.807, 2.05) is 48.5 Å². The molecule has 1 aliphatic rings. The zero-order valence-electron chi connectivity index (χ0n) is 15.1. The molecule has 0 saturated heterocycles. The van der Waals surface area contributed by atoms with Crippen molar-refractivity contribution < 1.29 is 14.3 Å². The van der Waals surface area contributed by atoms with Crippen molar-refractivity contribution in [1.29, 1.82) is 0 Å². The van der Waals surface area contributed by atoms with Crippen LogP contribution in [-0.2, 0) is 18.4 Å². The van der Waals surface area contributed by atoms with E-state index in [-0.39, 0.29) is 24.1 Å². The molecule has 0 saturated carbocycles. The number of carbonyl (C=O) groups is 1. The number of carbonyl (C=O) groups excluding carboxylic acids is 1. The van der Waals surface area contributed by atoms with Gasteiger partial charge in [-0.2, -0.15) is 0 Å². The van der Waals surface area contributed by atoms with Crippen LogP contribution in [-0.4, -0.2) is 34.3 Å². The van der Waals surface area contributed by atoms with Crippen molar-refractivity contribution in [1.82, 2.24) is 14.5 Å². The van der Waals surface area contributed by atoms with E-state index in [2.05, 4.69) is 5.32 Å². The van der Waals surface area contributed by atoms with Crippen LogP contribution in [0.3, 0.4) is 0 Å². The molecule has 1 amide bonds. The summed E-state index contributed by atoms with van der Waals surface area (Å²) in [5.41, 5.74) is 1.57. The van der Waals surface area contributed by atoms with Crippen molar-refractivity contribution in [2.24, 2.45) is 7.05 Å². The molecular formula is C20H21N3O4. The highest BCUT2D eigenvalue weighted by molar-refractivity contribution is 5.77.